The molecule has 0 aliphatic rings. The summed E-state index contributed by atoms with van der Waals surface area (Å²) in [4.78, 5) is 22.0. The van der Waals surface area contributed by atoms with Gasteiger partial charge in [0, 0.05) is 22.6 Å². The van der Waals surface area contributed by atoms with Gasteiger partial charge in [-0.25, -0.2) is 19.0 Å². The third-order valence-corrected chi connectivity index (χ3v) is 5.31. The molecular formula is C24H30FN5O. The summed E-state index contributed by atoms with van der Waals surface area (Å²) in [7, 11) is 0. The van der Waals surface area contributed by atoms with E-state index in [-0.39, 0.29) is 29.6 Å². The molecule has 0 aliphatic carbocycles. The van der Waals surface area contributed by atoms with Crippen LogP contribution in [0, 0.1) is 38.9 Å². The number of hydrogen-bond acceptors (Lipinski definition) is 4. The van der Waals surface area contributed by atoms with Gasteiger partial charge in [-0.15, -0.1) is 0 Å². The highest BCUT2D eigenvalue weighted by atomic mass is 19.1. The van der Waals surface area contributed by atoms with Crippen LogP contribution in [0.4, 0.5) is 4.39 Å². The average molecular weight is 424 g/mol. The predicted octanol–water partition coefficient (Wildman–Crippen LogP) is 4.48. The van der Waals surface area contributed by atoms with Gasteiger partial charge in [-0.2, -0.15) is 5.10 Å². The second-order valence-electron chi connectivity index (χ2n) is 9.11. The second-order valence-corrected chi connectivity index (χ2v) is 9.11. The van der Waals surface area contributed by atoms with Gasteiger partial charge in [-0.1, -0.05) is 32.9 Å². The van der Waals surface area contributed by atoms with Gasteiger partial charge in [0.2, 0.25) is 5.91 Å². The van der Waals surface area contributed by atoms with Crippen LogP contribution >= 0.6 is 0 Å². The minimum Gasteiger partial charge on any atom is -0.348 e. The lowest BCUT2D eigenvalue weighted by Crippen LogP contribution is -2.37. The molecule has 7 heteroatoms. The molecule has 3 aromatic rings. The van der Waals surface area contributed by atoms with E-state index >= 15 is 0 Å². The number of aromatic nitrogens is 4. The summed E-state index contributed by atoms with van der Waals surface area (Å²) in [5, 5.41) is 7.71. The van der Waals surface area contributed by atoms with E-state index in [9.17, 15) is 9.18 Å². The molecule has 3 rings (SSSR count). The fourth-order valence-electron chi connectivity index (χ4n) is 3.76. The maximum atomic E-state index is 13.4. The van der Waals surface area contributed by atoms with Crippen LogP contribution in [0.15, 0.2) is 30.3 Å². The zero-order valence-corrected chi connectivity index (χ0v) is 19.2. The summed E-state index contributed by atoms with van der Waals surface area (Å²) < 4.78 is 15.1. The first kappa shape index (κ1) is 22.6. The molecule has 0 spiro atoms. The number of halogens is 1. The maximum absolute atomic E-state index is 13.4. The van der Waals surface area contributed by atoms with Crippen LogP contribution in [0.5, 0.6) is 0 Å². The van der Waals surface area contributed by atoms with Gasteiger partial charge >= 0.3 is 0 Å². The Balaban J connectivity index is 1.85. The maximum Gasteiger partial charge on any atom is 0.251 e. The molecule has 2 heterocycles. The average Bonchev–Trinajstić information content (AvgIpc) is 2.93. The Morgan fingerprint density at radius 2 is 1.65 bits per heavy atom. The summed E-state index contributed by atoms with van der Waals surface area (Å²) in [5.41, 5.74) is 4.82. The van der Waals surface area contributed by atoms with Crippen LogP contribution in [-0.2, 0) is 11.2 Å². The monoisotopic (exact) mass is 423 g/mol. The fraction of sp³-hybridized carbons (Fsp3) is 0.417. The van der Waals surface area contributed by atoms with E-state index in [0.717, 1.165) is 33.9 Å². The molecule has 6 nitrogen and oxygen atoms in total. The molecule has 0 bridgehead atoms. The quantitative estimate of drug-likeness (QED) is 0.657. The molecule has 0 fully saturated rings. The lowest BCUT2D eigenvalue weighted by Gasteiger charge is -2.32. The molecule has 2 aromatic heterocycles. The largest absolute Gasteiger partial charge is 0.348 e. The number of carbonyl (C=O) groups excluding carboxylic acids is 1. The first-order valence-electron chi connectivity index (χ1n) is 10.4. The minimum atomic E-state index is -0.296. The highest BCUT2D eigenvalue weighted by molar-refractivity contribution is 5.79. The molecule has 1 amide bonds. The zero-order valence-electron chi connectivity index (χ0n) is 19.2. The Labute approximate surface area is 182 Å². The minimum absolute atomic E-state index is 0.114. The van der Waals surface area contributed by atoms with E-state index in [4.69, 9.17) is 0 Å². The van der Waals surface area contributed by atoms with Gasteiger partial charge in [0.15, 0.2) is 0 Å². The van der Waals surface area contributed by atoms with E-state index in [2.05, 4.69) is 20.4 Å². The Kier molecular flexibility index (Phi) is 6.25. The van der Waals surface area contributed by atoms with Gasteiger partial charge in [0.05, 0.1) is 18.2 Å². The smallest absolute Gasteiger partial charge is 0.251 e. The molecule has 31 heavy (non-hydrogen) atoms. The van der Waals surface area contributed by atoms with Crippen LogP contribution in [0.1, 0.15) is 60.7 Å². The normalized spacial score (nSPS) is 12.6. The van der Waals surface area contributed by atoms with Gasteiger partial charge < -0.3 is 5.32 Å². The number of amides is 1. The lowest BCUT2D eigenvalue weighted by atomic mass is 9.82. The predicted molar refractivity (Wildman–Crippen MR) is 119 cm³/mol. The molecule has 0 radical (unpaired) electrons. The summed E-state index contributed by atoms with van der Waals surface area (Å²) in [6, 6.07) is 7.93. The first-order valence-corrected chi connectivity index (χ1v) is 10.4. The molecule has 164 valence electrons. The first-order chi connectivity index (χ1) is 14.5. The third-order valence-electron chi connectivity index (χ3n) is 5.31. The summed E-state index contributed by atoms with van der Waals surface area (Å²) >= 11 is 0. The van der Waals surface area contributed by atoms with E-state index < -0.39 is 0 Å². The standard InChI is InChI=1S/C24H30FN5O/c1-14-12-15(2)27-23(26-14)30-17(4)20(16(3)29-30)13-21(31)28-22(24(5,6)7)18-8-10-19(25)11-9-18/h8-12,22H,13H2,1-7H3,(H,28,31). The van der Waals surface area contributed by atoms with Crippen molar-refractivity contribution in [1.29, 1.82) is 0 Å². The summed E-state index contributed by atoms with van der Waals surface area (Å²) in [6.45, 7) is 13.8. The highest BCUT2D eigenvalue weighted by Gasteiger charge is 2.28. The molecule has 1 atom stereocenters. The van der Waals surface area contributed by atoms with Crippen molar-refractivity contribution in [2.24, 2.45) is 5.41 Å². The van der Waals surface area contributed by atoms with Crippen LogP contribution < -0.4 is 5.32 Å². The Bertz CT molecular complexity index is 1080. The van der Waals surface area contributed by atoms with Crippen molar-refractivity contribution in [1.82, 2.24) is 25.1 Å². The van der Waals surface area contributed by atoms with E-state index in [1.54, 1.807) is 16.8 Å². The third kappa shape index (κ3) is 5.16. The summed E-state index contributed by atoms with van der Waals surface area (Å²) in [5.74, 6) is 0.0926. The molecule has 0 aliphatic heterocycles. The number of nitrogens with one attached hydrogen (secondary N) is 1. The van der Waals surface area contributed by atoms with Gasteiger partial charge in [-0.05, 0) is 56.9 Å². The van der Waals surface area contributed by atoms with Crippen molar-refractivity contribution in [3.05, 3.63) is 70.1 Å². The fourth-order valence-corrected chi connectivity index (χ4v) is 3.76. The molecule has 1 N–H and O–H groups in total. The Morgan fingerprint density at radius 1 is 1.06 bits per heavy atom. The van der Waals surface area contributed by atoms with Crippen LogP contribution in [0.2, 0.25) is 0 Å². The van der Waals surface area contributed by atoms with Crippen LogP contribution in [0.25, 0.3) is 5.95 Å². The number of carbonyl (C=O) groups is 1. The lowest BCUT2D eigenvalue weighted by molar-refractivity contribution is -0.122. The van der Waals surface area contributed by atoms with Crippen molar-refractivity contribution < 1.29 is 9.18 Å². The molecule has 1 unspecified atom stereocenters. The molecule has 0 saturated carbocycles. The topological polar surface area (TPSA) is 72.7 Å². The van der Waals surface area contributed by atoms with Crippen molar-refractivity contribution in [2.75, 3.05) is 0 Å². The van der Waals surface area contributed by atoms with E-state index in [1.807, 2.05) is 54.5 Å². The number of aryl methyl sites for hydroxylation is 3. The molecular weight excluding hydrogens is 393 g/mol. The van der Waals surface area contributed by atoms with Gasteiger partial charge in [0.25, 0.3) is 5.95 Å². The SMILES string of the molecule is Cc1cc(C)nc(-n2nc(C)c(CC(=O)NC(c3ccc(F)cc3)C(C)(C)C)c2C)n1. The highest BCUT2D eigenvalue weighted by Crippen LogP contribution is 2.33. The van der Waals surface area contributed by atoms with Crippen molar-refractivity contribution in [3.63, 3.8) is 0 Å². The van der Waals surface area contributed by atoms with Gasteiger partial charge in [0.1, 0.15) is 5.82 Å². The van der Waals surface area contributed by atoms with Crippen LogP contribution in [-0.4, -0.2) is 25.7 Å². The van der Waals surface area contributed by atoms with Crippen molar-refractivity contribution in [2.45, 2.75) is 60.9 Å². The summed E-state index contributed by atoms with van der Waals surface area (Å²) in [6.07, 6.45) is 0.191. The van der Waals surface area contributed by atoms with Gasteiger partial charge in [-0.3, -0.25) is 4.79 Å². The van der Waals surface area contributed by atoms with Crippen molar-refractivity contribution >= 4 is 5.91 Å². The number of hydrogen-bond donors (Lipinski definition) is 1. The number of rotatable bonds is 5. The van der Waals surface area contributed by atoms with E-state index in [1.165, 1.54) is 12.1 Å². The zero-order chi connectivity index (χ0) is 22.9. The van der Waals surface area contributed by atoms with Crippen molar-refractivity contribution in [3.8, 4) is 5.95 Å². The number of nitrogens with zero attached hydrogens (tertiary/aromatic N) is 4. The molecule has 0 saturated heterocycles. The van der Waals surface area contributed by atoms with Crippen LogP contribution in [0.3, 0.4) is 0 Å². The second kappa shape index (κ2) is 8.57. The number of benzene rings is 1. The van der Waals surface area contributed by atoms with E-state index in [0.29, 0.717) is 5.95 Å². The Hall–Kier alpha value is -3.09. The Morgan fingerprint density at radius 3 is 2.19 bits per heavy atom. The molecule has 1 aromatic carbocycles.